The molecule has 114 valence electrons. The Hall–Kier alpha value is -2.24. The molecule has 1 aliphatic heterocycles. The number of hydrogen-bond acceptors (Lipinski definition) is 5. The van der Waals surface area contributed by atoms with Crippen molar-refractivity contribution >= 4 is 11.9 Å². The lowest BCUT2D eigenvalue weighted by atomic mass is 9.97. The zero-order chi connectivity index (χ0) is 15.4. The van der Waals surface area contributed by atoms with Crippen LogP contribution in [0.4, 0.5) is 0 Å². The fourth-order valence-electron chi connectivity index (χ4n) is 2.48. The molecule has 1 amide bonds. The number of phenols is 2. The predicted octanol–water partition coefficient (Wildman–Crippen LogP) is 1.51. The number of amides is 1. The molecule has 0 unspecified atom stereocenters. The lowest BCUT2D eigenvalue weighted by Crippen LogP contribution is -2.42. The minimum atomic E-state index is -0.391. The van der Waals surface area contributed by atoms with E-state index in [9.17, 15) is 19.8 Å². The molecule has 1 saturated heterocycles. The Kier molecular flexibility index (Phi) is 4.67. The first kappa shape index (κ1) is 15.2. The number of rotatable bonds is 3. The fraction of sp³-hybridized carbons (Fsp3) is 0.467. The minimum absolute atomic E-state index is 0.0412. The Morgan fingerprint density at radius 2 is 2.14 bits per heavy atom. The first-order valence-electron chi connectivity index (χ1n) is 7.00. The molecule has 1 aromatic rings. The first-order valence-corrected chi connectivity index (χ1v) is 7.00. The lowest BCUT2D eigenvalue weighted by Gasteiger charge is -2.31. The van der Waals surface area contributed by atoms with Crippen LogP contribution in [-0.2, 0) is 9.53 Å². The number of aromatic hydroxyl groups is 2. The summed E-state index contributed by atoms with van der Waals surface area (Å²) in [4.78, 5) is 25.7. The van der Waals surface area contributed by atoms with E-state index in [1.165, 1.54) is 23.1 Å². The molecule has 2 rings (SSSR count). The van der Waals surface area contributed by atoms with Crippen molar-refractivity contribution in [2.75, 3.05) is 19.7 Å². The number of esters is 1. The van der Waals surface area contributed by atoms with Gasteiger partial charge in [0, 0.05) is 13.1 Å². The minimum Gasteiger partial charge on any atom is -0.508 e. The first-order chi connectivity index (χ1) is 10.0. The van der Waals surface area contributed by atoms with Crippen LogP contribution in [0.3, 0.4) is 0 Å². The Bertz CT molecular complexity index is 543. The molecule has 2 N–H and O–H groups in total. The van der Waals surface area contributed by atoms with Gasteiger partial charge < -0.3 is 19.8 Å². The number of likely N-dealkylation sites (tertiary alicyclic amines) is 1. The van der Waals surface area contributed by atoms with Crippen molar-refractivity contribution in [3.8, 4) is 11.5 Å². The maximum Gasteiger partial charge on any atom is 0.310 e. The number of ether oxygens (including phenoxy) is 1. The molecule has 0 aliphatic carbocycles. The summed E-state index contributed by atoms with van der Waals surface area (Å²) in [6.07, 6.45) is 1.39. The van der Waals surface area contributed by atoms with Crippen LogP contribution in [0.5, 0.6) is 11.5 Å². The van der Waals surface area contributed by atoms with Crippen molar-refractivity contribution in [1.82, 2.24) is 4.90 Å². The summed E-state index contributed by atoms with van der Waals surface area (Å²) in [5.41, 5.74) is 0.0412. The van der Waals surface area contributed by atoms with Gasteiger partial charge in [-0.25, -0.2) is 0 Å². The average molecular weight is 293 g/mol. The van der Waals surface area contributed by atoms with E-state index in [0.717, 1.165) is 0 Å². The van der Waals surface area contributed by atoms with E-state index in [1.54, 1.807) is 6.92 Å². The Labute approximate surface area is 122 Å². The van der Waals surface area contributed by atoms with Crippen molar-refractivity contribution in [2.24, 2.45) is 5.92 Å². The summed E-state index contributed by atoms with van der Waals surface area (Å²) in [6, 6.07) is 3.81. The summed E-state index contributed by atoms with van der Waals surface area (Å²) in [6.45, 7) is 2.85. The summed E-state index contributed by atoms with van der Waals surface area (Å²) < 4.78 is 4.99. The van der Waals surface area contributed by atoms with Crippen molar-refractivity contribution in [3.05, 3.63) is 23.8 Å². The standard InChI is InChI=1S/C15H19NO5/c1-2-21-15(20)10-4-3-7-16(9-10)14(19)12-8-11(17)5-6-13(12)18/h5-6,8,10,17-18H,2-4,7,9H2,1H3/t10-/m1/s1. The Balaban J connectivity index is 2.12. The zero-order valence-electron chi connectivity index (χ0n) is 11.9. The van der Waals surface area contributed by atoms with Crippen LogP contribution in [0, 0.1) is 5.92 Å². The molecule has 1 aliphatic rings. The second-order valence-electron chi connectivity index (χ2n) is 5.04. The van der Waals surface area contributed by atoms with Gasteiger partial charge in [0.25, 0.3) is 5.91 Å². The second kappa shape index (κ2) is 6.47. The summed E-state index contributed by atoms with van der Waals surface area (Å²) in [7, 11) is 0. The molecule has 1 atom stereocenters. The Morgan fingerprint density at radius 3 is 2.86 bits per heavy atom. The molecule has 0 bridgehead atoms. The van der Waals surface area contributed by atoms with Crippen molar-refractivity contribution in [3.63, 3.8) is 0 Å². The van der Waals surface area contributed by atoms with Gasteiger partial charge in [0.1, 0.15) is 11.5 Å². The highest BCUT2D eigenvalue weighted by molar-refractivity contribution is 5.97. The molecule has 0 aromatic heterocycles. The maximum absolute atomic E-state index is 12.4. The molecule has 0 radical (unpaired) electrons. The van der Waals surface area contributed by atoms with Crippen molar-refractivity contribution < 1.29 is 24.5 Å². The third-order valence-electron chi connectivity index (χ3n) is 3.54. The van der Waals surface area contributed by atoms with Gasteiger partial charge in [-0.05, 0) is 38.0 Å². The van der Waals surface area contributed by atoms with Gasteiger partial charge in [0.2, 0.25) is 0 Å². The number of nitrogens with zero attached hydrogens (tertiary/aromatic N) is 1. The van der Waals surface area contributed by atoms with E-state index in [1.807, 2.05) is 0 Å². The smallest absolute Gasteiger partial charge is 0.310 e. The van der Waals surface area contributed by atoms with Crippen LogP contribution >= 0.6 is 0 Å². The molecule has 21 heavy (non-hydrogen) atoms. The number of phenolic OH excluding ortho intramolecular Hbond substituents is 2. The fourth-order valence-corrected chi connectivity index (χ4v) is 2.48. The van der Waals surface area contributed by atoms with E-state index in [4.69, 9.17) is 4.74 Å². The summed E-state index contributed by atoms with van der Waals surface area (Å²) in [5.74, 6) is -1.29. The highest BCUT2D eigenvalue weighted by Gasteiger charge is 2.30. The normalized spacial score (nSPS) is 18.3. The van der Waals surface area contributed by atoms with Gasteiger partial charge in [0.15, 0.2) is 0 Å². The number of carbonyl (C=O) groups is 2. The quantitative estimate of drug-likeness (QED) is 0.651. The largest absolute Gasteiger partial charge is 0.508 e. The van der Waals surface area contributed by atoms with Crippen LogP contribution < -0.4 is 0 Å². The van der Waals surface area contributed by atoms with Crippen LogP contribution in [0.15, 0.2) is 18.2 Å². The van der Waals surface area contributed by atoms with Crippen LogP contribution in [0.2, 0.25) is 0 Å². The van der Waals surface area contributed by atoms with E-state index in [0.29, 0.717) is 26.0 Å². The van der Waals surface area contributed by atoms with E-state index in [-0.39, 0.29) is 35.5 Å². The molecular weight excluding hydrogens is 274 g/mol. The van der Waals surface area contributed by atoms with Crippen LogP contribution in [0.25, 0.3) is 0 Å². The lowest BCUT2D eigenvalue weighted by molar-refractivity contribution is -0.149. The predicted molar refractivity (Wildman–Crippen MR) is 75.0 cm³/mol. The number of piperidine rings is 1. The number of benzene rings is 1. The van der Waals surface area contributed by atoms with Crippen molar-refractivity contribution in [1.29, 1.82) is 0 Å². The Morgan fingerprint density at radius 1 is 1.38 bits per heavy atom. The molecule has 1 aromatic carbocycles. The molecule has 1 fully saturated rings. The molecule has 0 saturated carbocycles. The topological polar surface area (TPSA) is 87.1 Å². The highest BCUT2D eigenvalue weighted by Crippen LogP contribution is 2.26. The van der Waals surface area contributed by atoms with Gasteiger partial charge in [-0.3, -0.25) is 9.59 Å². The van der Waals surface area contributed by atoms with Gasteiger partial charge in [-0.15, -0.1) is 0 Å². The van der Waals surface area contributed by atoms with Crippen molar-refractivity contribution in [2.45, 2.75) is 19.8 Å². The van der Waals surface area contributed by atoms with E-state index in [2.05, 4.69) is 0 Å². The molecule has 6 heteroatoms. The van der Waals surface area contributed by atoms with Gasteiger partial charge in [-0.1, -0.05) is 0 Å². The highest BCUT2D eigenvalue weighted by atomic mass is 16.5. The monoisotopic (exact) mass is 293 g/mol. The third kappa shape index (κ3) is 3.45. The second-order valence-corrected chi connectivity index (χ2v) is 5.04. The summed E-state index contributed by atoms with van der Waals surface area (Å²) in [5, 5.41) is 19.2. The van der Waals surface area contributed by atoms with Gasteiger partial charge in [-0.2, -0.15) is 0 Å². The van der Waals surface area contributed by atoms with Gasteiger partial charge in [0.05, 0.1) is 18.1 Å². The van der Waals surface area contributed by atoms with Gasteiger partial charge >= 0.3 is 5.97 Å². The molecule has 6 nitrogen and oxygen atoms in total. The maximum atomic E-state index is 12.4. The number of hydrogen-bond donors (Lipinski definition) is 2. The number of carbonyl (C=O) groups excluding carboxylic acids is 2. The molecule has 1 heterocycles. The average Bonchev–Trinajstić information content (AvgIpc) is 2.49. The SMILES string of the molecule is CCOC(=O)[C@@H]1CCCN(C(=O)c2cc(O)ccc2O)C1. The van der Waals surface area contributed by atoms with E-state index < -0.39 is 5.91 Å². The third-order valence-corrected chi connectivity index (χ3v) is 3.54. The zero-order valence-corrected chi connectivity index (χ0v) is 11.9. The summed E-state index contributed by atoms with van der Waals surface area (Å²) >= 11 is 0. The van der Waals surface area contributed by atoms with Crippen LogP contribution in [0.1, 0.15) is 30.1 Å². The molecule has 0 spiro atoms. The molecular formula is C15H19NO5. The van der Waals surface area contributed by atoms with E-state index >= 15 is 0 Å². The van der Waals surface area contributed by atoms with Crippen LogP contribution in [-0.4, -0.2) is 46.7 Å².